The molecular weight excluding hydrogens is 224 g/mol. The molecular formula is C15H26N2O. The molecule has 1 saturated carbocycles. The molecule has 1 aliphatic heterocycles. The third kappa shape index (κ3) is 2.45. The van der Waals surface area contributed by atoms with E-state index in [-0.39, 0.29) is 5.91 Å². The molecule has 1 amide bonds. The van der Waals surface area contributed by atoms with Crippen LogP contribution in [0, 0.1) is 5.92 Å². The minimum absolute atomic E-state index is 0.169. The lowest BCUT2D eigenvalue weighted by Crippen LogP contribution is -2.46. The minimum atomic E-state index is -0.427. The second kappa shape index (κ2) is 5.85. The van der Waals surface area contributed by atoms with Gasteiger partial charge >= 0.3 is 0 Å². The van der Waals surface area contributed by atoms with Crippen molar-refractivity contribution in [3.05, 3.63) is 0 Å². The molecule has 0 aromatic heterocycles. The Bertz CT molecular complexity index is 331. The molecule has 0 unspecified atom stereocenters. The zero-order valence-corrected chi connectivity index (χ0v) is 11.8. The Balaban J connectivity index is 2.14. The Morgan fingerprint density at radius 3 is 2.61 bits per heavy atom. The summed E-state index contributed by atoms with van der Waals surface area (Å²) in [5.41, 5.74) is -0.427. The maximum Gasteiger partial charge on any atom is 0.253 e. The fraction of sp³-hybridized carbons (Fsp3) is 0.867. The quantitative estimate of drug-likeness (QED) is 0.798. The number of hydrogen-bond donors (Lipinski definition) is 1. The summed E-state index contributed by atoms with van der Waals surface area (Å²) in [5.74, 6) is 1.58. The number of nitrogens with one attached hydrogen (secondary N) is 1. The molecule has 2 rings (SSSR count). The van der Waals surface area contributed by atoms with Crippen LogP contribution < -0.4 is 5.32 Å². The van der Waals surface area contributed by atoms with Gasteiger partial charge in [-0.25, -0.2) is 0 Å². The van der Waals surface area contributed by atoms with Gasteiger partial charge in [-0.05, 0) is 31.6 Å². The molecule has 0 saturated heterocycles. The zero-order chi connectivity index (χ0) is 13.0. The van der Waals surface area contributed by atoms with E-state index >= 15 is 0 Å². The molecule has 2 aliphatic rings. The SMILES string of the molecule is CCCCC1=N[C@](CC)(C2CCCCC2)C(=O)N1. The summed E-state index contributed by atoms with van der Waals surface area (Å²) in [6.07, 6.45) is 10.2. The number of aliphatic imine (C=N–C) groups is 1. The lowest BCUT2D eigenvalue weighted by atomic mass is 9.73. The van der Waals surface area contributed by atoms with Crippen LogP contribution >= 0.6 is 0 Å². The van der Waals surface area contributed by atoms with Crippen molar-refractivity contribution < 1.29 is 4.79 Å². The first-order valence-electron chi connectivity index (χ1n) is 7.63. The number of rotatable bonds is 5. The van der Waals surface area contributed by atoms with Crippen LogP contribution in [0.4, 0.5) is 0 Å². The largest absolute Gasteiger partial charge is 0.312 e. The van der Waals surface area contributed by atoms with Crippen LogP contribution in [0.3, 0.4) is 0 Å². The van der Waals surface area contributed by atoms with Crippen molar-refractivity contribution in [1.82, 2.24) is 5.32 Å². The number of nitrogens with zero attached hydrogens (tertiary/aromatic N) is 1. The van der Waals surface area contributed by atoms with Crippen LogP contribution in [0.25, 0.3) is 0 Å². The second-order valence-electron chi connectivity index (χ2n) is 5.73. The van der Waals surface area contributed by atoms with Gasteiger partial charge < -0.3 is 5.32 Å². The predicted octanol–water partition coefficient (Wildman–Crippen LogP) is 3.43. The number of amidine groups is 1. The van der Waals surface area contributed by atoms with Crippen LogP contribution in [-0.4, -0.2) is 17.3 Å². The highest BCUT2D eigenvalue weighted by Crippen LogP contribution is 2.39. The van der Waals surface area contributed by atoms with Crippen molar-refractivity contribution >= 4 is 11.7 Å². The number of carbonyl (C=O) groups is 1. The van der Waals surface area contributed by atoms with E-state index in [1.807, 2.05) is 0 Å². The number of carbonyl (C=O) groups excluding carboxylic acids is 1. The average molecular weight is 250 g/mol. The maximum absolute atomic E-state index is 12.4. The molecule has 18 heavy (non-hydrogen) atoms. The first kappa shape index (κ1) is 13.6. The normalized spacial score (nSPS) is 29.2. The fourth-order valence-electron chi connectivity index (χ4n) is 3.41. The Morgan fingerprint density at radius 2 is 2.00 bits per heavy atom. The topological polar surface area (TPSA) is 41.5 Å². The van der Waals surface area contributed by atoms with E-state index in [2.05, 4.69) is 19.2 Å². The highest BCUT2D eigenvalue weighted by molar-refractivity contribution is 6.08. The smallest absolute Gasteiger partial charge is 0.253 e. The van der Waals surface area contributed by atoms with E-state index in [0.29, 0.717) is 5.92 Å². The van der Waals surface area contributed by atoms with Crippen LogP contribution in [0.2, 0.25) is 0 Å². The van der Waals surface area contributed by atoms with Gasteiger partial charge in [-0.1, -0.05) is 39.5 Å². The fourth-order valence-corrected chi connectivity index (χ4v) is 3.41. The Hall–Kier alpha value is -0.860. The van der Waals surface area contributed by atoms with E-state index in [9.17, 15) is 4.79 Å². The summed E-state index contributed by atoms with van der Waals surface area (Å²) in [6.45, 7) is 4.28. The van der Waals surface area contributed by atoms with Crippen molar-refractivity contribution in [3.63, 3.8) is 0 Å². The number of hydrogen-bond acceptors (Lipinski definition) is 2. The van der Waals surface area contributed by atoms with Crippen molar-refractivity contribution in [3.8, 4) is 0 Å². The summed E-state index contributed by atoms with van der Waals surface area (Å²) >= 11 is 0. The predicted molar refractivity (Wildman–Crippen MR) is 74.7 cm³/mol. The maximum atomic E-state index is 12.4. The van der Waals surface area contributed by atoms with Gasteiger partial charge in [0.05, 0.1) is 0 Å². The van der Waals surface area contributed by atoms with E-state index in [1.54, 1.807) is 0 Å². The van der Waals surface area contributed by atoms with Gasteiger partial charge in [0.15, 0.2) is 0 Å². The third-order valence-electron chi connectivity index (χ3n) is 4.57. The van der Waals surface area contributed by atoms with Gasteiger partial charge in [-0.2, -0.15) is 0 Å². The number of unbranched alkanes of at least 4 members (excludes halogenated alkanes) is 1. The molecule has 0 aromatic rings. The first-order valence-corrected chi connectivity index (χ1v) is 7.63. The van der Waals surface area contributed by atoms with Gasteiger partial charge in [0.25, 0.3) is 5.91 Å². The molecule has 1 atom stereocenters. The Morgan fingerprint density at radius 1 is 1.28 bits per heavy atom. The minimum Gasteiger partial charge on any atom is -0.312 e. The van der Waals surface area contributed by atoms with Crippen LogP contribution in [0.1, 0.15) is 71.6 Å². The van der Waals surface area contributed by atoms with Crippen LogP contribution in [-0.2, 0) is 4.79 Å². The highest BCUT2D eigenvalue weighted by atomic mass is 16.2. The molecule has 0 spiro atoms. The van der Waals surface area contributed by atoms with Crippen LogP contribution in [0.15, 0.2) is 4.99 Å². The van der Waals surface area contributed by atoms with Crippen molar-refractivity contribution in [2.24, 2.45) is 10.9 Å². The van der Waals surface area contributed by atoms with Crippen molar-refractivity contribution in [2.45, 2.75) is 77.2 Å². The molecule has 3 heteroatoms. The van der Waals surface area contributed by atoms with E-state index < -0.39 is 5.54 Å². The van der Waals surface area contributed by atoms with E-state index in [1.165, 1.54) is 32.1 Å². The first-order chi connectivity index (χ1) is 8.73. The molecule has 0 aromatic carbocycles. The molecule has 1 aliphatic carbocycles. The van der Waals surface area contributed by atoms with E-state index in [0.717, 1.165) is 31.5 Å². The summed E-state index contributed by atoms with van der Waals surface area (Å²) in [7, 11) is 0. The standard InChI is InChI=1S/C15H26N2O/c1-3-5-11-13-16-14(18)15(4-2,17-13)12-9-7-6-8-10-12/h12H,3-11H2,1-2H3,(H,16,17,18)/t15-/m1/s1. The lowest BCUT2D eigenvalue weighted by molar-refractivity contribution is -0.126. The van der Waals surface area contributed by atoms with Gasteiger partial charge in [0, 0.05) is 6.42 Å². The molecule has 102 valence electrons. The van der Waals surface area contributed by atoms with Gasteiger partial charge in [0.2, 0.25) is 0 Å². The van der Waals surface area contributed by atoms with Gasteiger partial charge in [0.1, 0.15) is 11.4 Å². The molecule has 1 heterocycles. The highest BCUT2D eigenvalue weighted by Gasteiger charge is 2.47. The lowest BCUT2D eigenvalue weighted by Gasteiger charge is -2.34. The summed E-state index contributed by atoms with van der Waals surface area (Å²) in [5, 5.41) is 3.04. The average Bonchev–Trinajstić information content (AvgIpc) is 2.75. The summed E-state index contributed by atoms with van der Waals surface area (Å²) < 4.78 is 0. The monoisotopic (exact) mass is 250 g/mol. The molecule has 0 bridgehead atoms. The number of amides is 1. The van der Waals surface area contributed by atoms with Crippen LogP contribution in [0.5, 0.6) is 0 Å². The third-order valence-corrected chi connectivity index (χ3v) is 4.57. The van der Waals surface area contributed by atoms with Crippen molar-refractivity contribution in [2.75, 3.05) is 0 Å². The van der Waals surface area contributed by atoms with Crippen molar-refractivity contribution in [1.29, 1.82) is 0 Å². The molecule has 1 fully saturated rings. The summed E-state index contributed by atoms with van der Waals surface area (Å²) in [4.78, 5) is 17.2. The van der Waals surface area contributed by atoms with Gasteiger partial charge in [-0.3, -0.25) is 9.79 Å². The Labute approximate surface area is 110 Å². The molecule has 0 radical (unpaired) electrons. The summed E-state index contributed by atoms with van der Waals surface area (Å²) in [6, 6.07) is 0. The Kier molecular flexibility index (Phi) is 4.41. The molecule has 3 nitrogen and oxygen atoms in total. The second-order valence-corrected chi connectivity index (χ2v) is 5.73. The zero-order valence-electron chi connectivity index (χ0n) is 11.8. The molecule has 1 N–H and O–H groups in total. The van der Waals surface area contributed by atoms with E-state index in [4.69, 9.17) is 4.99 Å². The van der Waals surface area contributed by atoms with Gasteiger partial charge in [-0.15, -0.1) is 0 Å².